The Labute approximate surface area is 64.8 Å². The molecule has 3 heteroatoms. The van der Waals surface area contributed by atoms with Gasteiger partial charge in [0.15, 0.2) is 0 Å². The Kier molecular flexibility index (Phi) is 1.42. The van der Waals surface area contributed by atoms with E-state index < -0.39 is 0 Å². The van der Waals surface area contributed by atoms with E-state index in [2.05, 4.69) is 10.3 Å². The number of aryl methyl sites for hydroxylation is 1. The Morgan fingerprint density at radius 2 is 2.27 bits per heavy atom. The fraction of sp³-hybridized carbons (Fsp3) is 0.375. The molecule has 11 heavy (non-hydrogen) atoms. The van der Waals surface area contributed by atoms with Gasteiger partial charge in [0.1, 0.15) is 5.82 Å². The SMILES string of the molecule is O=C1CCCc2cc[nH]c2N1. The lowest BCUT2D eigenvalue weighted by molar-refractivity contribution is -0.116. The summed E-state index contributed by atoms with van der Waals surface area (Å²) in [6.07, 6.45) is 4.45. The smallest absolute Gasteiger partial charge is 0.225 e. The Balaban J connectivity index is 2.32. The first-order valence-corrected chi connectivity index (χ1v) is 3.82. The summed E-state index contributed by atoms with van der Waals surface area (Å²) in [5, 5.41) is 2.81. The van der Waals surface area contributed by atoms with Crippen LogP contribution in [0.25, 0.3) is 0 Å². The molecule has 0 atom stereocenters. The van der Waals surface area contributed by atoms with Crippen molar-refractivity contribution in [2.24, 2.45) is 0 Å². The number of carbonyl (C=O) groups excluding carboxylic acids is 1. The van der Waals surface area contributed by atoms with Crippen LogP contribution in [0.2, 0.25) is 0 Å². The average Bonchev–Trinajstić information content (AvgIpc) is 2.31. The monoisotopic (exact) mass is 150 g/mol. The first-order chi connectivity index (χ1) is 5.36. The number of hydrogen-bond acceptors (Lipinski definition) is 1. The quantitative estimate of drug-likeness (QED) is 0.575. The number of amides is 1. The van der Waals surface area contributed by atoms with Crippen LogP contribution < -0.4 is 5.32 Å². The van der Waals surface area contributed by atoms with Gasteiger partial charge in [-0.05, 0) is 24.5 Å². The number of rotatable bonds is 0. The highest BCUT2D eigenvalue weighted by Gasteiger charge is 2.12. The Hall–Kier alpha value is -1.25. The molecule has 1 amide bonds. The van der Waals surface area contributed by atoms with Crippen LogP contribution in [0.15, 0.2) is 12.3 Å². The van der Waals surface area contributed by atoms with Crippen LogP contribution in [0.4, 0.5) is 5.82 Å². The Morgan fingerprint density at radius 1 is 1.36 bits per heavy atom. The topological polar surface area (TPSA) is 44.9 Å². The Morgan fingerprint density at radius 3 is 3.18 bits per heavy atom. The summed E-state index contributed by atoms with van der Waals surface area (Å²) in [6.45, 7) is 0. The normalized spacial score (nSPS) is 16.9. The van der Waals surface area contributed by atoms with Crippen LogP contribution in [-0.2, 0) is 11.2 Å². The van der Waals surface area contributed by atoms with E-state index in [1.165, 1.54) is 5.56 Å². The van der Waals surface area contributed by atoms with Gasteiger partial charge in [-0.2, -0.15) is 0 Å². The summed E-state index contributed by atoms with van der Waals surface area (Å²) in [4.78, 5) is 14.0. The summed E-state index contributed by atoms with van der Waals surface area (Å²) < 4.78 is 0. The molecule has 0 fully saturated rings. The van der Waals surface area contributed by atoms with Crippen LogP contribution >= 0.6 is 0 Å². The second-order valence-corrected chi connectivity index (χ2v) is 2.78. The van der Waals surface area contributed by atoms with Gasteiger partial charge < -0.3 is 10.3 Å². The van der Waals surface area contributed by atoms with E-state index in [0.717, 1.165) is 18.7 Å². The highest BCUT2D eigenvalue weighted by Crippen LogP contribution is 2.19. The third kappa shape index (κ3) is 1.13. The van der Waals surface area contributed by atoms with Crippen LogP contribution in [0.5, 0.6) is 0 Å². The molecule has 0 spiro atoms. The lowest BCUT2D eigenvalue weighted by atomic mass is 10.1. The zero-order chi connectivity index (χ0) is 7.68. The van der Waals surface area contributed by atoms with Crippen molar-refractivity contribution in [3.05, 3.63) is 17.8 Å². The maximum Gasteiger partial charge on any atom is 0.225 e. The molecule has 0 bridgehead atoms. The first-order valence-electron chi connectivity index (χ1n) is 3.82. The van der Waals surface area contributed by atoms with Gasteiger partial charge in [-0.15, -0.1) is 0 Å². The van der Waals surface area contributed by atoms with Crippen LogP contribution in [0, 0.1) is 0 Å². The van der Waals surface area contributed by atoms with Crippen molar-refractivity contribution in [1.29, 1.82) is 0 Å². The molecule has 0 saturated carbocycles. The van der Waals surface area contributed by atoms with Crippen molar-refractivity contribution >= 4 is 11.7 Å². The third-order valence-electron chi connectivity index (χ3n) is 1.95. The highest BCUT2D eigenvalue weighted by molar-refractivity contribution is 5.91. The molecule has 3 nitrogen and oxygen atoms in total. The van der Waals surface area contributed by atoms with E-state index in [9.17, 15) is 4.79 Å². The number of H-pyrrole nitrogens is 1. The van der Waals surface area contributed by atoms with Crippen molar-refractivity contribution < 1.29 is 4.79 Å². The number of anilines is 1. The maximum atomic E-state index is 11.0. The molecule has 58 valence electrons. The molecule has 0 aliphatic carbocycles. The van der Waals surface area contributed by atoms with E-state index >= 15 is 0 Å². The van der Waals surface area contributed by atoms with Crippen molar-refractivity contribution in [1.82, 2.24) is 4.98 Å². The molecule has 2 heterocycles. The molecule has 1 aromatic heterocycles. The highest BCUT2D eigenvalue weighted by atomic mass is 16.1. The molecule has 1 aromatic rings. The van der Waals surface area contributed by atoms with Crippen molar-refractivity contribution in [3.8, 4) is 0 Å². The van der Waals surface area contributed by atoms with Gasteiger partial charge >= 0.3 is 0 Å². The van der Waals surface area contributed by atoms with Crippen molar-refractivity contribution in [3.63, 3.8) is 0 Å². The van der Waals surface area contributed by atoms with Crippen LogP contribution in [-0.4, -0.2) is 10.9 Å². The van der Waals surface area contributed by atoms with E-state index in [0.29, 0.717) is 6.42 Å². The van der Waals surface area contributed by atoms with Crippen LogP contribution in [0.1, 0.15) is 18.4 Å². The van der Waals surface area contributed by atoms with E-state index in [1.807, 2.05) is 12.3 Å². The minimum absolute atomic E-state index is 0.117. The Bertz CT molecular complexity index is 277. The predicted molar refractivity (Wildman–Crippen MR) is 42.4 cm³/mol. The molecular weight excluding hydrogens is 140 g/mol. The number of aromatic amines is 1. The molecule has 0 unspecified atom stereocenters. The summed E-state index contributed by atoms with van der Waals surface area (Å²) >= 11 is 0. The standard InChI is InChI=1S/C8H10N2O/c11-7-3-1-2-6-4-5-9-8(6)10-7/h4-5,9H,1-3H2,(H,10,11). The summed E-state index contributed by atoms with van der Waals surface area (Å²) in [5.41, 5.74) is 1.22. The lowest BCUT2D eigenvalue weighted by Gasteiger charge is -1.97. The molecule has 2 N–H and O–H groups in total. The minimum atomic E-state index is 0.117. The average molecular weight is 150 g/mol. The zero-order valence-corrected chi connectivity index (χ0v) is 6.18. The molecule has 0 saturated heterocycles. The molecular formula is C8H10N2O. The van der Waals surface area contributed by atoms with E-state index in [-0.39, 0.29) is 5.91 Å². The molecule has 2 rings (SSSR count). The predicted octanol–water partition coefficient (Wildman–Crippen LogP) is 1.29. The zero-order valence-electron chi connectivity index (χ0n) is 6.18. The van der Waals surface area contributed by atoms with Crippen molar-refractivity contribution in [2.45, 2.75) is 19.3 Å². The maximum absolute atomic E-state index is 11.0. The molecule has 1 aliphatic heterocycles. The van der Waals surface area contributed by atoms with E-state index in [4.69, 9.17) is 0 Å². The van der Waals surface area contributed by atoms with Crippen LogP contribution in [0.3, 0.4) is 0 Å². The number of hydrogen-bond donors (Lipinski definition) is 2. The lowest BCUT2D eigenvalue weighted by Crippen LogP contribution is -2.09. The molecule has 0 aromatic carbocycles. The summed E-state index contributed by atoms with van der Waals surface area (Å²) in [6, 6.07) is 2.01. The van der Waals surface area contributed by atoms with Gasteiger partial charge in [0.05, 0.1) is 0 Å². The summed E-state index contributed by atoms with van der Waals surface area (Å²) in [7, 11) is 0. The minimum Gasteiger partial charge on any atom is -0.348 e. The molecule has 1 aliphatic rings. The van der Waals surface area contributed by atoms with Gasteiger partial charge in [-0.25, -0.2) is 0 Å². The van der Waals surface area contributed by atoms with Gasteiger partial charge in [0.25, 0.3) is 0 Å². The number of fused-ring (bicyclic) bond motifs is 1. The third-order valence-corrected chi connectivity index (χ3v) is 1.95. The second kappa shape index (κ2) is 2.42. The van der Waals surface area contributed by atoms with Gasteiger partial charge in [0, 0.05) is 12.6 Å². The summed E-state index contributed by atoms with van der Waals surface area (Å²) in [5.74, 6) is 0.999. The van der Waals surface area contributed by atoms with Gasteiger partial charge in [-0.1, -0.05) is 0 Å². The van der Waals surface area contributed by atoms with E-state index in [1.54, 1.807) is 0 Å². The number of carbonyl (C=O) groups is 1. The van der Waals surface area contributed by atoms with Gasteiger partial charge in [-0.3, -0.25) is 4.79 Å². The van der Waals surface area contributed by atoms with Gasteiger partial charge in [0.2, 0.25) is 5.91 Å². The van der Waals surface area contributed by atoms with Crippen molar-refractivity contribution in [2.75, 3.05) is 5.32 Å². The second-order valence-electron chi connectivity index (χ2n) is 2.78. The fourth-order valence-electron chi connectivity index (χ4n) is 1.37. The largest absolute Gasteiger partial charge is 0.348 e. The molecule has 0 radical (unpaired) electrons. The number of nitrogens with one attached hydrogen (secondary N) is 2. The number of aromatic nitrogens is 1. The fourth-order valence-corrected chi connectivity index (χ4v) is 1.37. The first kappa shape index (κ1) is 6.46.